The Balaban J connectivity index is 2.52. The number of hydrogen-bond donors (Lipinski definition) is 0. The fourth-order valence-electron chi connectivity index (χ4n) is 2.23. The van der Waals surface area contributed by atoms with Gasteiger partial charge >= 0.3 is 5.97 Å². The highest BCUT2D eigenvalue weighted by molar-refractivity contribution is 14.1. The molecule has 1 aromatic rings. The molecule has 5 heteroatoms. The van der Waals surface area contributed by atoms with E-state index in [1.165, 1.54) is 7.11 Å². The largest absolute Gasteiger partial charge is 0.465 e. The third-order valence-electron chi connectivity index (χ3n) is 3.15. The first kappa shape index (κ1) is 14.0. The molecule has 1 amide bonds. The van der Waals surface area contributed by atoms with E-state index in [4.69, 9.17) is 4.74 Å². The SMILES string of the molecule is C=C[C@@H]1CCC(=O)N1c1ccc(I)cc1C(=O)OC. The molecule has 0 aromatic heterocycles. The van der Waals surface area contributed by atoms with E-state index in [0.29, 0.717) is 17.7 Å². The van der Waals surface area contributed by atoms with Crippen molar-refractivity contribution >= 4 is 40.2 Å². The lowest BCUT2D eigenvalue weighted by Gasteiger charge is -2.24. The molecule has 1 saturated heterocycles. The van der Waals surface area contributed by atoms with Crippen LogP contribution in [0.1, 0.15) is 23.2 Å². The van der Waals surface area contributed by atoms with Gasteiger partial charge in [0.25, 0.3) is 0 Å². The molecule has 1 aliphatic rings. The molecule has 0 aliphatic carbocycles. The highest BCUT2D eigenvalue weighted by atomic mass is 127. The van der Waals surface area contributed by atoms with Crippen LogP contribution in [0.2, 0.25) is 0 Å². The van der Waals surface area contributed by atoms with Crippen LogP contribution in [0.4, 0.5) is 5.69 Å². The number of anilines is 1. The quantitative estimate of drug-likeness (QED) is 0.467. The second-order valence-corrected chi connectivity index (χ2v) is 5.50. The second kappa shape index (κ2) is 5.73. The number of carbonyl (C=O) groups is 2. The fraction of sp³-hybridized carbons (Fsp3) is 0.286. The van der Waals surface area contributed by atoms with E-state index in [9.17, 15) is 9.59 Å². The number of amides is 1. The minimum atomic E-state index is -0.434. The lowest BCUT2D eigenvalue weighted by Crippen LogP contribution is -2.32. The van der Waals surface area contributed by atoms with Gasteiger partial charge in [0.05, 0.1) is 24.4 Å². The Hall–Kier alpha value is -1.37. The summed E-state index contributed by atoms with van der Waals surface area (Å²) in [5.41, 5.74) is 1.01. The van der Waals surface area contributed by atoms with Gasteiger partial charge in [-0.3, -0.25) is 4.79 Å². The molecule has 1 fully saturated rings. The van der Waals surface area contributed by atoms with Crippen LogP contribution in [-0.2, 0) is 9.53 Å². The summed E-state index contributed by atoms with van der Waals surface area (Å²) in [5, 5.41) is 0. The van der Waals surface area contributed by atoms with Crippen molar-refractivity contribution in [2.45, 2.75) is 18.9 Å². The van der Waals surface area contributed by atoms with Gasteiger partial charge in [0, 0.05) is 9.99 Å². The Bertz CT molecular complexity index is 541. The second-order valence-electron chi connectivity index (χ2n) is 4.26. The van der Waals surface area contributed by atoms with E-state index in [0.717, 1.165) is 9.99 Å². The zero-order valence-corrected chi connectivity index (χ0v) is 12.7. The molecule has 1 aromatic carbocycles. The molecule has 19 heavy (non-hydrogen) atoms. The first-order valence-corrected chi connectivity index (χ1v) is 6.99. The minimum absolute atomic E-state index is 0.0104. The topological polar surface area (TPSA) is 46.6 Å². The molecule has 1 aliphatic heterocycles. The molecule has 0 radical (unpaired) electrons. The molecule has 1 heterocycles. The lowest BCUT2D eigenvalue weighted by molar-refractivity contribution is -0.117. The van der Waals surface area contributed by atoms with Crippen molar-refractivity contribution in [2.75, 3.05) is 12.0 Å². The van der Waals surface area contributed by atoms with Crippen molar-refractivity contribution in [3.8, 4) is 0 Å². The summed E-state index contributed by atoms with van der Waals surface area (Å²) in [4.78, 5) is 25.5. The summed E-state index contributed by atoms with van der Waals surface area (Å²) < 4.78 is 5.71. The zero-order chi connectivity index (χ0) is 14.0. The smallest absolute Gasteiger partial charge is 0.340 e. The van der Waals surface area contributed by atoms with Crippen LogP contribution in [0.15, 0.2) is 30.9 Å². The molecule has 0 bridgehead atoms. The maximum atomic E-state index is 12.0. The highest BCUT2D eigenvalue weighted by Crippen LogP contribution is 2.31. The van der Waals surface area contributed by atoms with Crippen LogP contribution in [-0.4, -0.2) is 25.0 Å². The summed E-state index contributed by atoms with van der Waals surface area (Å²) in [6, 6.07) is 5.32. The molecule has 0 saturated carbocycles. The van der Waals surface area contributed by atoms with Crippen molar-refractivity contribution in [3.05, 3.63) is 40.0 Å². The van der Waals surface area contributed by atoms with Gasteiger partial charge in [0.15, 0.2) is 0 Å². The fourth-order valence-corrected chi connectivity index (χ4v) is 2.73. The molecule has 0 spiro atoms. The van der Waals surface area contributed by atoms with Gasteiger partial charge in [-0.1, -0.05) is 6.08 Å². The molecular weight excluding hydrogens is 357 g/mol. The number of ether oxygens (including phenoxy) is 1. The Kier molecular flexibility index (Phi) is 4.24. The van der Waals surface area contributed by atoms with Crippen molar-refractivity contribution < 1.29 is 14.3 Å². The van der Waals surface area contributed by atoms with E-state index in [1.54, 1.807) is 23.1 Å². The van der Waals surface area contributed by atoms with Gasteiger partial charge in [-0.15, -0.1) is 6.58 Å². The molecule has 0 N–H and O–H groups in total. The first-order chi connectivity index (χ1) is 9.08. The number of benzene rings is 1. The van der Waals surface area contributed by atoms with Gasteiger partial charge in [-0.05, 0) is 47.2 Å². The standard InChI is InChI=1S/C14H14INO3/c1-3-10-5-7-13(17)16(10)12-6-4-9(15)8-11(12)14(18)19-2/h3-4,6,8,10H,1,5,7H2,2H3/t10-/m1/s1. The summed E-state index contributed by atoms with van der Waals surface area (Å²) in [7, 11) is 1.34. The molecule has 1 atom stereocenters. The monoisotopic (exact) mass is 371 g/mol. The highest BCUT2D eigenvalue weighted by Gasteiger charge is 2.32. The van der Waals surface area contributed by atoms with E-state index in [1.807, 2.05) is 6.07 Å². The Labute approximate surface area is 125 Å². The van der Waals surface area contributed by atoms with Crippen molar-refractivity contribution in [1.29, 1.82) is 0 Å². The van der Waals surface area contributed by atoms with E-state index >= 15 is 0 Å². The van der Waals surface area contributed by atoms with E-state index < -0.39 is 5.97 Å². The van der Waals surface area contributed by atoms with Crippen LogP contribution in [0.25, 0.3) is 0 Å². The Morgan fingerprint density at radius 2 is 2.32 bits per heavy atom. The third kappa shape index (κ3) is 2.65. The number of esters is 1. The van der Waals surface area contributed by atoms with Crippen LogP contribution < -0.4 is 4.90 Å². The number of methoxy groups -OCH3 is 1. The summed E-state index contributed by atoms with van der Waals surface area (Å²) in [6.07, 6.45) is 2.95. The van der Waals surface area contributed by atoms with Crippen LogP contribution >= 0.6 is 22.6 Å². The van der Waals surface area contributed by atoms with Crippen LogP contribution in [0.5, 0.6) is 0 Å². The van der Waals surface area contributed by atoms with Gasteiger partial charge in [-0.2, -0.15) is 0 Å². The first-order valence-electron chi connectivity index (χ1n) is 5.91. The number of nitrogens with zero attached hydrogens (tertiary/aromatic N) is 1. The summed E-state index contributed by atoms with van der Waals surface area (Å²) in [6.45, 7) is 3.75. The van der Waals surface area contributed by atoms with Gasteiger partial charge in [0.2, 0.25) is 5.91 Å². The van der Waals surface area contributed by atoms with Gasteiger partial charge < -0.3 is 9.64 Å². The molecule has 100 valence electrons. The van der Waals surface area contributed by atoms with E-state index in [2.05, 4.69) is 29.2 Å². The van der Waals surface area contributed by atoms with Gasteiger partial charge in [-0.25, -0.2) is 4.79 Å². The zero-order valence-electron chi connectivity index (χ0n) is 10.6. The molecule has 2 rings (SSSR count). The minimum Gasteiger partial charge on any atom is -0.465 e. The lowest BCUT2D eigenvalue weighted by atomic mass is 10.1. The number of hydrogen-bond acceptors (Lipinski definition) is 3. The Morgan fingerprint density at radius 1 is 1.58 bits per heavy atom. The normalized spacial score (nSPS) is 18.5. The number of carbonyl (C=O) groups excluding carboxylic acids is 2. The number of rotatable bonds is 3. The van der Waals surface area contributed by atoms with Crippen molar-refractivity contribution in [1.82, 2.24) is 0 Å². The Morgan fingerprint density at radius 3 is 2.95 bits per heavy atom. The summed E-state index contributed by atoms with van der Waals surface area (Å²) in [5.74, 6) is -0.424. The van der Waals surface area contributed by atoms with Crippen molar-refractivity contribution in [2.24, 2.45) is 0 Å². The molecule has 0 unspecified atom stereocenters. The average molecular weight is 371 g/mol. The van der Waals surface area contributed by atoms with Gasteiger partial charge in [0.1, 0.15) is 0 Å². The maximum absolute atomic E-state index is 12.0. The van der Waals surface area contributed by atoms with Crippen molar-refractivity contribution in [3.63, 3.8) is 0 Å². The molecule has 4 nitrogen and oxygen atoms in total. The number of halogens is 1. The predicted molar refractivity (Wildman–Crippen MR) is 81.2 cm³/mol. The van der Waals surface area contributed by atoms with E-state index in [-0.39, 0.29) is 11.9 Å². The van der Waals surface area contributed by atoms with Crippen LogP contribution in [0, 0.1) is 3.57 Å². The predicted octanol–water partition coefficient (Wildman–Crippen LogP) is 2.76. The molecular formula is C14H14INO3. The summed E-state index contributed by atoms with van der Waals surface area (Å²) >= 11 is 2.12. The average Bonchev–Trinajstić information content (AvgIpc) is 2.79. The maximum Gasteiger partial charge on any atom is 0.340 e. The van der Waals surface area contributed by atoms with Crippen LogP contribution in [0.3, 0.4) is 0 Å². The third-order valence-corrected chi connectivity index (χ3v) is 3.82.